The van der Waals surface area contributed by atoms with E-state index in [1.165, 1.54) is 13.3 Å². The summed E-state index contributed by atoms with van der Waals surface area (Å²) in [6, 6.07) is 6.99. The van der Waals surface area contributed by atoms with Gasteiger partial charge < -0.3 is 15.2 Å². The average molecular weight is 275 g/mol. The van der Waals surface area contributed by atoms with Crippen molar-refractivity contribution in [1.29, 1.82) is 0 Å². The van der Waals surface area contributed by atoms with E-state index in [2.05, 4.69) is 5.10 Å². The van der Waals surface area contributed by atoms with Gasteiger partial charge in [-0.3, -0.25) is 0 Å². The number of hydrogen-bond acceptors (Lipinski definition) is 5. The quantitative estimate of drug-likeness (QED) is 0.684. The van der Waals surface area contributed by atoms with Crippen LogP contribution in [0.5, 0.6) is 11.5 Å². The Balaban J connectivity index is 2.24. The molecule has 0 atom stereocenters. The highest BCUT2D eigenvalue weighted by Gasteiger charge is 2.19. The first-order valence-electron chi connectivity index (χ1n) is 6.22. The van der Waals surface area contributed by atoms with Gasteiger partial charge in [0.05, 0.1) is 13.3 Å². The molecule has 0 bridgehead atoms. The number of ether oxygens (including phenoxy) is 2. The number of benzene rings is 1. The van der Waals surface area contributed by atoms with Crippen molar-refractivity contribution in [2.24, 2.45) is 0 Å². The molecule has 1 aromatic heterocycles. The van der Waals surface area contributed by atoms with Crippen molar-refractivity contribution in [3.63, 3.8) is 0 Å². The predicted octanol–water partition coefficient (Wildman–Crippen LogP) is 2.27. The smallest absolute Gasteiger partial charge is 0.349 e. The van der Waals surface area contributed by atoms with E-state index in [-0.39, 0.29) is 11.6 Å². The van der Waals surface area contributed by atoms with Crippen LogP contribution in [-0.2, 0) is 0 Å². The van der Waals surface area contributed by atoms with Crippen LogP contribution in [-0.4, -0.2) is 22.9 Å². The Labute approximate surface area is 117 Å². The minimum absolute atomic E-state index is 0.0720. The van der Waals surface area contributed by atoms with Crippen LogP contribution in [0.25, 0.3) is 0 Å². The standard InChI is InChI=1S/C14H17N3O3/c1-9(2)17-13(15)10(8-16-17)14(18)20-12-7-5-4-6-11(12)19-3/h4-9H,15H2,1-3H3. The van der Waals surface area contributed by atoms with E-state index in [9.17, 15) is 4.79 Å². The Bertz CT molecular complexity index is 620. The highest BCUT2D eigenvalue weighted by Crippen LogP contribution is 2.27. The summed E-state index contributed by atoms with van der Waals surface area (Å²) in [5.41, 5.74) is 6.14. The molecule has 20 heavy (non-hydrogen) atoms. The number of rotatable bonds is 4. The molecule has 0 spiro atoms. The normalized spacial score (nSPS) is 10.6. The first-order valence-corrected chi connectivity index (χ1v) is 6.22. The van der Waals surface area contributed by atoms with E-state index in [0.29, 0.717) is 17.3 Å². The van der Waals surface area contributed by atoms with Crippen LogP contribution in [0.3, 0.4) is 0 Å². The predicted molar refractivity (Wildman–Crippen MR) is 75.0 cm³/mol. The second-order valence-electron chi connectivity index (χ2n) is 4.52. The number of para-hydroxylation sites is 2. The number of anilines is 1. The molecular formula is C14H17N3O3. The van der Waals surface area contributed by atoms with Crippen LogP contribution in [0.1, 0.15) is 30.2 Å². The number of nitrogen functional groups attached to an aromatic ring is 1. The minimum atomic E-state index is -0.557. The highest BCUT2D eigenvalue weighted by molar-refractivity contribution is 5.95. The van der Waals surface area contributed by atoms with Crippen LogP contribution >= 0.6 is 0 Å². The Morgan fingerprint density at radius 3 is 2.50 bits per heavy atom. The Kier molecular flexibility index (Phi) is 3.93. The van der Waals surface area contributed by atoms with Crippen molar-refractivity contribution in [3.8, 4) is 11.5 Å². The summed E-state index contributed by atoms with van der Waals surface area (Å²) in [4.78, 5) is 12.1. The molecule has 0 saturated carbocycles. The number of nitrogens with two attached hydrogens (primary N) is 1. The lowest BCUT2D eigenvalue weighted by Crippen LogP contribution is -2.13. The third-order valence-corrected chi connectivity index (χ3v) is 2.81. The van der Waals surface area contributed by atoms with Crippen LogP contribution in [0, 0.1) is 0 Å². The molecule has 0 saturated heterocycles. The van der Waals surface area contributed by atoms with E-state index in [1.54, 1.807) is 28.9 Å². The molecule has 6 heteroatoms. The first-order chi connectivity index (χ1) is 9.54. The lowest BCUT2D eigenvalue weighted by molar-refractivity contribution is 0.0731. The number of aromatic nitrogens is 2. The number of methoxy groups -OCH3 is 1. The first kappa shape index (κ1) is 13.9. The second-order valence-corrected chi connectivity index (χ2v) is 4.52. The van der Waals surface area contributed by atoms with E-state index in [1.807, 2.05) is 13.8 Å². The molecule has 2 N–H and O–H groups in total. The van der Waals surface area contributed by atoms with Crippen molar-refractivity contribution in [1.82, 2.24) is 9.78 Å². The van der Waals surface area contributed by atoms with Crippen molar-refractivity contribution in [2.75, 3.05) is 12.8 Å². The van der Waals surface area contributed by atoms with Crippen LogP contribution in [0.4, 0.5) is 5.82 Å². The summed E-state index contributed by atoms with van der Waals surface area (Å²) < 4.78 is 12.0. The van der Waals surface area contributed by atoms with Gasteiger partial charge in [0.15, 0.2) is 11.5 Å². The molecule has 0 radical (unpaired) electrons. The molecule has 0 amide bonds. The molecule has 0 unspecified atom stereocenters. The van der Waals surface area contributed by atoms with Gasteiger partial charge in [0.25, 0.3) is 0 Å². The van der Waals surface area contributed by atoms with Gasteiger partial charge in [0.1, 0.15) is 11.4 Å². The topological polar surface area (TPSA) is 79.4 Å². The van der Waals surface area contributed by atoms with Crippen molar-refractivity contribution in [3.05, 3.63) is 36.0 Å². The van der Waals surface area contributed by atoms with Crippen molar-refractivity contribution in [2.45, 2.75) is 19.9 Å². The zero-order chi connectivity index (χ0) is 14.7. The Hall–Kier alpha value is -2.50. The fourth-order valence-corrected chi connectivity index (χ4v) is 1.80. The maximum Gasteiger partial charge on any atom is 0.349 e. The number of hydrogen-bond donors (Lipinski definition) is 1. The summed E-state index contributed by atoms with van der Waals surface area (Å²) in [7, 11) is 1.51. The zero-order valence-corrected chi connectivity index (χ0v) is 11.7. The van der Waals surface area contributed by atoms with Gasteiger partial charge in [-0.05, 0) is 26.0 Å². The molecule has 1 aromatic carbocycles. The average Bonchev–Trinajstić information content (AvgIpc) is 2.81. The van der Waals surface area contributed by atoms with Gasteiger partial charge >= 0.3 is 5.97 Å². The van der Waals surface area contributed by atoms with Gasteiger partial charge in [0.2, 0.25) is 0 Å². The van der Waals surface area contributed by atoms with Crippen molar-refractivity contribution >= 4 is 11.8 Å². The molecule has 2 rings (SSSR count). The van der Waals surface area contributed by atoms with Crippen LogP contribution in [0.2, 0.25) is 0 Å². The molecule has 0 aliphatic heterocycles. The Morgan fingerprint density at radius 2 is 1.95 bits per heavy atom. The summed E-state index contributed by atoms with van der Waals surface area (Å²) in [5, 5.41) is 4.08. The van der Waals surface area contributed by atoms with E-state index in [0.717, 1.165) is 0 Å². The lowest BCUT2D eigenvalue weighted by Gasteiger charge is -2.09. The van der Waals surface area contributed by atoms with Crippen LogP contribution in [0.15, 0.2) is 30.5 Å². The fraction of sp³-hybridized carbons (Fsp3) is 0.286. The van der Waals surface area contributed by atoms with E-state index in [4.69, 9.17) is 15.2 Å². The summed E-state index contributed by atoms with van der Waals surface area (Å²) >= 11 is 0. The number of carbonyl (C=O) groups excluding carboxylic acids is 1. The molecular weight excluding hydrogens is 258 g/mol. The third-order valence-electron chi connectivity index (χ3n) is 2.81. The summed E-state index contributed by atoms with van der Waals surface area (Å²) in [5.74, 6) is 0.561. The largest absolute Gasteiger partial charge is 0.493 e. The fourth-order valence-electron chi connectivity index (χ4n) is 1.80. The van der Waals surface area contributed by atoms with E-state index >= 15 is 0 Å². The number of esters is 1. The SMILES string of the molecule is COc1ccccc1OC(=O)c1cnn(C(C)C)c1N. The van der Waals surface area contributed by atoms with Gasteiger partial charge in [-0.15, -0.1) is 0 Å². The van der Waals surface area contributed by atoms with Crippen LogP contribution < -0.4 is 15.2 Å². The lowest BCUT2D eigenvalue weighted by atomic mass is 10.3. The van der Waals surface area contributed by atoms with E-state index < -0.39 is 5.97 Å². The summed E-state index contributed by atoms with van der Waals surface area (Å²) in [6.45, 7) is 3.86. The third kappa shape index (κ3) is 2.59. The van der Waals surface area contributed by atoms with Gasteiger partial charge in [-0.25, -0.2) is 9.48 Å². The zero-order valence-electron chi connectivity index (χ0n) is 11.7. The molecule has 6 nitrogen and oxygen atoms in total. The molecule has 0 aliphatic rings. The number of nitrogens with zero attached hydrogens (tertiary/aromatic N) is 2. The molecule has 2 aromatic rings. The molecule has 0 aliphatic carbocycles. The number of carbonyl (C=O) groups is 1. The Morgan fingerprint density at radius 1 is 1.30 bits per heavy atom. The van der Waals surface area contributed by atoms with Crippen molar-refractivity contribution < 1.29 is 14.3 Å². The van der Waals surface area contributed by atoms with Gasteiger partial charge in [0, 0.05) is 6.04 Å². The summed E-state index contributed by atoms with van der Waals surface area (Å²) in [6.07, 6.45) is 1.41. The van der Waals surface area contributed by atoms with Gasteiger partial charge in [-0.2, -0.15) is 5.10 Å². The minimum Gasteiger partial charge on any atom is -0.493 e. The molecule has 1 heterocycles. The van der Waals surface area contributed by atoms with Gasteiger partial charge in [-0.1, -0.05) is 12.1 Å². The molecule has 106 valence electrons. The second kappa shape index (κ2) is 5.64. The highest BCUT2D eigenvalue weighted by atomic mass is 16.6. The monoisotopic (exact) mass is 275 g/mol. The maximum atomic E-state index is 12.1. The molecule has 0 fully saturated rings. The maximum absolute atomic E-state index is 12.1.